The van der Waals surface area contributed by atoms with E-state index in [1.165, 1.54) is 32.1 Å². The molecule has 0 aliphatic heterocycles. The lowest BCUT2D eigenvalue weighted by Crippen LogP contribution is -2.10. The number of carbonyl (C=O) groups is 1. The van der Waals surface area contributed by atoms with Gasteiger partial charge in [-0.1, -0.05) is 57.0 Å². The first-order chi connectivity index (χ1) is 9.72. The lowest BCUT2D eigenvalue weighted by molar-refractivity contribution is -0.121. The Hall–Kier alpha value is -1.02. The molecule has 0 radical (unpaired) electrons. The monoisotopic (exact) mass is 296 g/mol. The van der Waals surface area contributed by atoms with Crippen molar-refractivity contribution < 1.29 is 9.53 Å². The first kappa shape index (κ1) is 17.0. The fraction of sp³-hybridized carbons (Fsp3) is 0.588. The summed E-state index contributed by atoms with van der Waals surface area (Å²) in [5.74, 6) is 0.871. The summed E-state index contributed by atoms with van der Waals surface area (Å²) in [7, 11) is 0. The Morgan fingerprint density at radius 1 is 1.00 bits per heavy atom. The van der Waals surface area contributed by atoms with Gasteiger partial charge in [0.15, 0.2) is 5.78 Å². The lowest BCUT2D eigenvalue weighted by atomic mass is 10.1. The number of halogens is 1. The molecule has 0 unspecified atom stereocenters. The molecule has 2 nitrogen and oxygen atoms in total. The van der Waals surface area contributed by atoms with Crippen molar-refractivity contribution >= 4 is 17.4 Å². The molecule has 0 amide bonds. The first-order valence-corrected chi connectivity index (χ1v) is 8.00. The van der Waals surface area contributed by atoms with Crippen LogP contribution in [0.4, 0.5) is 0 Å². The number of carbonyl (C=O) groups excluding carboxylic acids is 1. The first-order valence-electron chi connectivity index (χ1n) is 7.62. The van der Waals surface area contributed by atoms with Crippen LogP contribution in [0.1, 0.15) is 58.3 Å². The molecule has 3 heteroatoms. The molecule has 0 aliphatic rings. The summed E-state index contributed by atoms with van der Waals surface area (Å²) in [6, 6.07) is 7.09. The summed E-state index contributed by atoms with van der Waals surface area (Å²) in [5.41, 5.74) is 0. The van der Waals surface area contributed by atoms with Crippen LogP contribution in [0.25, 0.3) is 0 Å². The Labute approximate surface area is 127 Å². The molecule has 1 aromatic rings. The van der Waals surface area contributed by atoms with Gasteiger partial charge >= 0.3 is 0 Å². The topological polar surface area (TPSA) is 26.3 Å². The number of rotatable bonds is 11. The second-order valence-corrected chi connectivity index (χ2v) is 5.59. The van der Waals surface area contributed by atoms with Crippen LogP contribution in [0.5, 0.6) is 5.75 Å². The van der Waals surface area contributed by atoms with Crippen LogP contribution in [-0.2, 0) is 4.79 Å². The van der Waals surface area contributed by atoms with E-state index in [2.05, 4.69) is 6.92 Å². The normalized spacial score (nSPS) is 10.5. The Morgan fingerprint density at radius 2 is 1.60 bits per heavy atom. The van der Waals surface area contributed by atoms with Crippen molar-refractivity contribution in [2.75, 3.05) is 6.61 Å². The lowest BCUT2D eigenvalue weighted by Gasteiger charge is -2.05. The van der Waals surface area contributed by atoms with E-state index < -0.39 is 0 Å². The molecule has 0 fully saturated rings. The Kier molecular flexibility index (Phi) is 9.14. The number of ether oxygens (including phenoxy) is 1. The van der Waals surface area contributed by atoms with Gasteiger partial charge in [-0.15, -0.1) is 0 Å². The van der Waals surface area contributed by atoms with Crippen LogP contribution in [-0.4, -0.2) is 12.4 Å². The van der Waals surface area contributed by atoms with Crippen LogP contribution in [0.15, 0.2) is 24.3 Å². The molecule has 0 aromatic heterocycles. The highest BCUT2D eigenvalue weighted by molar-refractivity contribution is 6.30. The van der Waals surface area contributed by atoms with Crippen molar-refractivity contribution in [2.24, 2.45) is 0 Å². The maximum Gasteiger partial charge on any atom is 0.170 e. The van der Waals surface area contributed by atoms with Crippen LogP contribution in [0.2, 0.25) is 5.02 Å². The molecule has 1 aromatic carbocycles. The number of Topliss-reactive ketones (excluding diaryl/α,β-unsaturated/α-hetero) is 1. The predicted molar refractivity (Wildman–Crippen MR) is 84.6 cm³/mol. The Morgan fingerprint density at radius 3 is 2.25 bits per heavy atom. The molecule has 0 bridgehead atoms. The molecule has 112 valence electrons. The summed E-state index contributed by atoms with van der Waals surface area (Å²) in [6.45, 7) is 2.39. The molecule has 0 saturated heterocycles. The third-order valence-corrected chi connectivity index (χ3v) is 3.52. The highest BCUT2D eigenvalue weighted by Crippen LogP contribution is 2.15. The Balaban J connectivity index is 2.01. The van der Waals surface area contributed by atoms with E-state index in [9.17, 15) is 4.79 Å². The second kappa shape index (κ2) is 10.7. The van der Waals surface area contributed by atoms with Gasteiger partial charge in [-0.2, -0.15) is 0 Å². The molecule has 0 spiro atoms. The van der Waals surface area contributed by atoms with E-state index >= 15 is 0 Å². The van der Waals surface area contributed by atoms with Crippen molar-refractivity contribution in [1.82, 2.24) is 0 Å². The molecule has 20 heavy (non-hydrogen) atoms. The zero-order valence-electron chi connectivity index (χ0n) is 12.4. The third-order valence-electron chi connectivity index (χ3n) is 3.27. The van der Waals surface area contributed by atoms with E-state index in [0.717, 1.165) is 12.8 Å². The number of hydrogen-bond acceptors (Lipinski definition) is 2. The molecular weight excluding hydrogens is 272 g/mol. The van der Waals surface area contributed by atoms with E-state index in [1.54, 1.807) is 24.3 Å². The predicted octanol–water partition coefficient (Wildman–Crippen LogP) is 5.43. The van der Waals surface area contributed by atoms with Crippen molar-refractivity contribution in [1.29, 1.82) is 0 Å². The van der Waals surface area contributed by atoms with Gasteiger partial charge in [0.25, 0.3) is 0 Å². The van der Waals surface area contributed by atoms with Gasteiger partial charge in [0, 0.05) is 11.4 Å². The van der Waals surface area contributed by atoms with Crippen LogP contribution in [0.3, 0.4) is 0 Å². The van der Waals surface area contributed by atoms with Crippen LogP contribution >= 0.6 is 11.6 Å². The number of ketones is 1. The molecule has 0 atom stereocenters. The zero-order valence-corrected chi connectivity index (χ0v) is 13.1. The molecule has 0 saturated carbocycles. The van der Waals surface area contributed by atoms with Crippen molar-refractivity contribution in [2.45, 2.75) is 58.3 Å². The van der Waals surface area contributed by atoms with Crippen molar-refractivity contribution in [3.63, 3.8) is 0 Å². The fourth-order valence-corrected chi connectivity index (χ4v) is 2.17. The van der Waals surface area contributed by atoms with Crippen molar-refractivity contribution in [3.8, 4) is 5.75 Å². The zero-order chi connectivity index (χ0) is 14.6. The maximum atomic E-state index is 11.7. The van der Waals surface area contributed by atoms with Gasteiger partial charge in [-0.25, -0.2) is 0 Å². The number of benzene rings is 1. The van der Waals surface area contributed by atoms with Gasteiger partial charge < -0.3 is 4.74 Å². The van der Waals surface area contributed by atoms with E-state index in [0.29, 0.717) is 17.2 Å². The smallest absolute Gasteiger partial charge is 0.170 e. The minimum Gasteiger partial charge on any atom is -0.486 e. The molecular formula is C17H25ClO2. The van der Waals surface area contributed by atoms with Gasteiger partial charge in [-0.3, -0.25) is 4.79 Å². The van der Waals surface area contributed by atoms with E-state index in [4.69, 9.17) is 16.3 Å². The Bertz CT molecular complexity index is 373. The molecule has 0 heterocycles. The average Bonchev–Trinajstić information content (AvgIpc) is 2.46. The highest BCUT2D eigenvalue weighted by Gasteiger charge is 2.03. The summed E-state index contributed by atoms with van der Waals surface area (Å²) in [5, 5.41) is 0.673. The van der Waals surface area contributed by atoms with Gasteiger partial charge in [0.05, 0.1) is 0 Å². The van der Waals surface area contributed by atoms with E-state index in [1.807, 2.05) is 0 Å². The molecule has 0 aliphatic carbocycles. The summed E-state index contributed by atoms with van der Waals surface area (Å²) in [6.07, 6.45) is 9.22. The van der Waals surface area contributed by atoms with Gasteiger partial charge in [-0.05, 0) is 30.7 Å². The van der Waals surface area contributed by atoms with Crippen molar-refractivity contribution in [3.05, 3.63) is 29.3 Å². The summed E-state index contributed by atoms with van der Waals surface area (Å²) < 4.78 is 5.42. The average molecular weight is 297 g/mol. The minimum absolute atomic E-state index is 0.164. The number of hydrogen-bond donors (Lipinski definition) is 0. The SMILES string of the molecule is CCCCCCCCCC(=O)COc1ccc(Cl)cc1. The quantitative estimate of drug-likeness (QED) is 0.509. The van der Waals surface area contributed by atoms with Crippen LogP contribution < -0.4 is 4.74 Å². The van der Waals surface area contributed by atoms with Gasteiger partial charge in [0.2, 0.25) is 0 Å². The fourth-order valence-electron chi connectivity index (χ4n) is 2.05. The van der Waals surface area contributed by atoms with E-state index in [-0.39, 0.29) is 12.4 Å². The minimum atomic E-state index is 0.164. The third kappa shape index (κ3) is 8.21. The second-order valence-electron chi connectivity index (χ2n) is 5.15. The largest absolute Gasteiger partial charge is 0.486 e. The standard InChI is InChI=1S/C17H25ClO2/c1-2-3-4-5-6-7-8-9-16(19)14-20-17-12-10-15(18)11-13-17/h10-13H,2-9,14H2,1H3. The summed E-state index contributed by atoms with van der Waals surface area (Å²) in [4.78, 5) is 11.7. The van der Waals surface area contributed by atoms with Crippen LogP contribution in [0, 0.1) is 0 Å². The molecule has 1 rings (SSSR count). The van der Waals surface area contributed by atoms with Gasteiger partial charge in [0.1, 0.15) is 12.4 Å². The maximum absolute atomic E-state index is 11.7. The summed E-state index contributed by atoms with van der Waals surface area (Å²) >= 11 is 5.78. The molecule has 0 N–H and O–H groups in total. The highest BCUT2D eigenvalue weighted by atomic mass is 35.5. The number of unbranched alkanes of at least 4 members (excludes halogenated alkanes) is 6.